The Morgan fingerprint density at radius 1 is 0.897 bits per heavy atom. The van der Waals surface area contributed by atoms with Crippen LogP contribution in [0.4, 0.5) is 0 Å². The SMILES string of the molecule is C=CC(=O)OCCCCCCOc1ccc(OC(=O)C2CCC(OC(=O)c3ccc(C)cc3C=O)CC2)cc1. The van der Waals surface area contributed by atoms with E-state index in [1.807, 2.05) is 6.92 Å². The number of ether oxygens (including phenoxy) is 4. The molecule has 1 aliphatic carbocycles. The van der Waals surface area contributed by atoms with Crippen molar-refractivity contribution in [2.24, 2.45) is 5.92 Å². The highest BCUT2D eigenvalue weighted by Gasteiger charge is 2.30. The maximum atomic E-state index is 12.7. The minimum atomic E-state index is -0.517. The van der Waals surface area contributed by atoms with Crippen LogP contribution in [-0.4, -0.2) is 43.5 Å². The molecule has 0 amide bonds. The summed E-state index contributed by atoms with van der Waals surface area (Å²) in [6, 6.07) is 12.0. The molecule has 2 aromatic rings. The van der Waals surface area contributed by atoms with Gasteiger partial charge in [-0.05, 0) is 94.7 Å². The number of carbonyl (C=O) groups is 4. The molecule has 0 atom stereocenters. The summed E-state index contributed by atoms with van der Waals surface area (Å²) in [5, 5.41) is 0. The van der Waals surface area contributed by atoms with Crippen LogP contribution in [0.25, 0.3) is 0 Å². The molecule has 0 aromatic heterocycles. The Balaban J connectivity index is 1.33. The molecule has 0 spiro atoms. The van der Waals surface area contributed by atoms with Crippen LogP contribution in [0.2, 0.25) is 0 Å². The van der Waals surface area contributed by atoms with Crippen molar-refractivity contribution >= 4 is 24.2 Å². The molecule has 39 heavy (non-hydrogen) atoms. The van der Waals surface area contributed by atoms with Crippen molar-refractivity contribution in [1.29, 1.82) is 0 Å². The van der Waals surface area contributed by atoms with Gasteiger partial charge in [0.25, 0.3) is 0 Å². The summed E-state index contributed by atoms with van der Waals surface area (Å²) in [6.45, 7) is 6.18. The molecule has 0 saturated heterocycles. The van der Waals surface area contributed by atoms with Gasteiger partial charge in [0, 0.05) is 11.6 Å². The quantitative estimate of drug-likeness (QED) is 0.0981. The molecule has 208 valence electrons. The standard InChI is InChI=1S/C31H36O8/c1-3-29(33)37-19-7-5-4-6-18-36-25-13-15-27(16-14-25)38-30(34)23-9-11-26(12-10-23)39-31(35)28-17-8-22(2)20-24(28)21-32/h3,8,13-17,20-21,23,26H,1,4-7,9-12,18-19H2,2H3. The van der Waals surface area contributed by atoms with Crippen molar-refractivity contribution in [3.8, 4) is 11.5 Å². The average molecular weight is 537 g/mol. The molecule has 0 heterocycles. The lowest BCUT2D eigenvalue weighted by Crippen LogP contribution is -2.30. The van der Waals surface area contributed by atoms with Crippen molar-refractivity contribution in [3.63, 3.8) is 0 Å². The second-order valence-electron chi connectivity index (χ2n) is 9.61. The van der Waals surface area contributed by atoms with E-state index >= 15 is 0 Å². The van der Waals surface area contributed by atoms with Crippen molar-refractivity contribution in [1.82, 2.24) is 0 Å². The van der Waals surface area contributed by atoms with Gasteiger partial charge >= 0.3 is 17.9 Å². The summed E-state index contributed by atoms with van der Waals surface area (Å²) in [5.74, 6) is -0.321. The van der Waals surface area contributed by atoms with Crippen LogP contribution >= 0.6 is 0 Å². The van der Waals surface area contributed by atoms with Crippen LogP contribution in [0, 0.1) is 12.8 Å². The summed E-state index contributed by atoms with van der Waals surface area (Å²) in [4.78, 5) is 47.5. The molecule has 1 fully saturated rings. The summed E-state index contributed by atoms with van der Waals surface area (Å²) in [7, 11) is 0. The van der Waals surface area contributed by atoms with Crippen molar-refractivity contribution in [2.75, 3.05) is 13.2 Å². The fraction of sp³-hybridized carbons (Fsp3) is 0.419. The van der Waals surface area contributed by atoms with E-state index in [9.17, 15) is 19.2 Å². The Labute approximate surface area is 229 Å². The zero-order valence-corrected chi connectivity index (χ0v) is 22.4. The minimum absolute atomic E-state index is 0.258. The highest BCUT2D eigenvalue weighted by atomic mass is 16.5. The first kappa shape index (κ1) is 29.6. The maximum absolute atomic E-state index is 12.7. The zero-order chi connectivity index (χ0) is 28.0. The van der Waals surface area contributed by atoms with Gasteiger partial charge in [0.15, 0.2) is 6.29 Å². The van der Waals surface area contributed by atoms with E-state index in [4.69, 9.17) is 18.9 Å². The summed E-state index contributed by atoms with van der Waals surface area (Å²) < 4.78 is 21.8. The van der Waals surface area contributed by atoms with E-state index in [-0.39, 0.29) is 23.6 Å². The van der Waals surface area contributed by atoms with Crippen LogP contribution in [-0.2, 0) is 19.1 Å². The number of esters is 3. The first-order chi connectivity index (χ1) is 18.9. The van der Waals surface area contributed by atoms with Gasteiger partial charge in [0.1, 0.15) is 17.6 Å². The lowest BCUT2D eigenvalue weighted by atomic mass is 9.87. The van der Waals surface area contributed by atoms with Gasteiger partial charge in [-0.15, -0.1) is 0 Å². The van der Waals surface area contributed by atoms with E-state index < -0.39 is 11.9 Å². The Kier molecular flexibility index (Phi) is 11.7. The summed E-state index contributed by atoms with van der Waals surface area (Å²) in [5.41, 5.74) is 1.46. The highest BCUT2D eigenvalue weighted by molar-refractivity contribution is 5.98. The van der Waals surface area contributed by atoms with Gasteiger partial charge in [-0.25, -0.2) is 9.59 Å². The van der Waals surface area contributed by atoms with Crippen LogP contribution < -0.4 is 9.47 Å². The molecule has 0 unspecified atom stereocenters. The number of hydrogen-bond acceptors (Lipinski definition) is 8. The Morgan fingerprint density at radius 2 is 1.56 bits per heavy atom. The molecule has 0 aliphatic heterocycles. The molecule has 0 N–H and O–H groups in total. The molecule has 1 aliphatic rings. The molecule has 8 heteroatoms. The first-order valence-corrected chi connectivity index (χ1v) is 13.4. The monoisotopic (exact) mass is 536 g/mol. The third kappa shape index (κ3) is 9.71. The van der Waals surface area contributed by atoms with Crippen molar-refractivity contribution in [3.05, 3.63) is 71.8 Å². The molecule has 0 radical (unpaired) electrons. The van der Waals surface area contributed by atoms with Gasteiger partial charge in [-0.2, -0.15) is 0 Å². The molecule has 8 nitrogen and oxygen atoms in total. The van der Waals surface area contributed by atoms with E-state index in [0.717, 1.165) is 37.3 Å². The number of unbranched alkanes of at least 4 members (excludes halogenated alkanes) is 3. The number of hydrogen-bond donors (Lipinski definition) is 0. The Hall–Kier alpha value is -3.94. The van der Waals surface area contributed by atoms with E-state index in [2.05, 4.69) is 6.58 Å². The van der Waals surface area contributed by atoms with Gasteiger partial charge < -0.3 is 18.9 Å². The van der Waals surface area contributed by atoms with Crippen molar-refractivity contribution in [2.45, 2.75) is 64.4 Å². The number of aldehydes is 1. The largest absolute Gasteiger partial charge is 0.494 e. The van der Waals surface area contributed by atoms with E-state index in [1.54, 1.807) is 42.5 Å². The first-order valence-electron chi connectivity index (χ1n) is 13.4. The molecule has 3 rings (SSSR count). The molecule has 1 saturated carbocycles. The second-order valence-corrected chi connectivity index (χ2v) is 9.61. The minimum Gasteiger partial charge on any atom is -0.494 e. The number of rotatable bonds is 14. The summed E-state index contributed by atoms with van der Waals surface area (Å²) >= 11 is 0. The lowest BCUT2D eigenvalue weighted by Gasteiger charge is -2.27. The molecular weight excluding hydrogens is 500 g/mol. The smallest absolute Gasteiger partial charge is 0.339 e. The average Bonchev–Trinajstić information content (AvgIpc) is 2.95. The van der Waals surface area contributed by atoms with Gasteiger partial charge in [-0.1, -0.05) is 18.2 Å². The third-order valence-electron chi connectivity index (χ3n) is 6.60. The van der Waals surface area contributed by atoms with Gasteiger partial charge in [0.2, 0.25) is 0 Å². The Morgan fingerprint density at radius 3 is 2.23 bits per heavy atom. The third-order valence-corrected chi connectivity index (χ3v) is 6.60. The van der Waals surface area contributed by atoms with E-state index in [1.165, 1.54) is 0 Å². The number of carbonyl (C=O) groups excluding carboxylic acids is 4. The fourth-order valence-electron chi connectivity index (χ4n) is 4.38. The van der Waals surface area contributed by atoms with Crippen molar-refractivity contribution < 1.29 is 38.1 Å². The predicted octanol–water partition coefficient (Wildman–Crippen LogP) is 5.80. The maximum Gasteiger partial charge on any atom is 0.339 e. The van der Waals surface area contributed by atoms with Crippen LogP contribution in [0.5, 0.6) is 11.5 Å². The summed E-state index contributed by atoms with van der Waals surface area (Å²) in [6.07, 6.45) is 7.35. The molecule has 0 bridgehead atoms. The normalized spacial score (nSPS) is 16.5. The topological polar surface area (TPSA) is 105 Å². The van der Waals surface area contributed by atoms with Crippen LogP contribution in [0.1, 0.15) is 77.6 Å². The highest BCUT2D eigenvalue weighted by Crippen LogP contribution is 2.29. The molecule has 2 aromatic carbocycles. The lowest BCUT2D eigenvalue weighted by molar-refractivity contribution is -0.140. The van der Waals surface area contributed by atoms with Crippen LogP contribution in [0.3, 0.4) is 0 Å². The van der Waals surface area contributed by atoms with Gasteiger partial charge in [-0.3, -0.25) is 9.59 Å². The predicted molar refractivity (Wildman–Crippen MR) is 145 cm³/mol. The van der Waals surface area contributed by atoms with Gasteiger partial charge in [0.05, 0.1) is 24.7 Å². The zero-order valence-electron chi connectivity index (χ0n) is 22.4. The van der Waals surface area contributed by atoms with Crippen LogP contribution in [0.15, 0.2) is 55.1 Å². The number of aryl methyl sites for hydroxylation is 1. The fourth-order valence-corrected chi connectivity index (χ4v) is 4.38. The second kappa shape index (κ2) is 15.5. The van der Waals surface area contributed by atoms with E-state index in [0.29, 0.717) is 62.2 Å². The number of benzene rings is 2. The Bertz CT molecular complexity index is 1130. The molecular formula is C31H36O8.